The average Bonchev–Trinajstić information content (AvgIpc) is 2.89. The molecule has 41 heavy (non-hydrogen) atoms. The Labute approximate surface area is 245 Å². The van der Waals surface area contributed by atoms with Gasteiger partial charge in [-0.15, -0.1) is 0 Å². The van der Waals surface area contributed by atoms with Crippen LogP contribution in [0.2, 0.25) is 0 Å². The molecule has 0 bridgehead atoms. The number of nitrogens with zero attached hydrogens (tertiary/aromatic N) is 1. The van der Waals surface area contributed by atoms with E-state index in [9.17, 15) is 19.6 Å². The zero-order chi connectivity index (χ0) is 29.6. The van der Waals surface area contributed by atoms with Crippen molar-refractivity contribution in [1.29, 1.82) is 5.26 Å². The van der Waals surface area contributed by atoms with Gasteiger partial charge in [-0.3, -0.25) is 14.4 Å². The molecule has 3 saturated carbocycles. The van der Waals surface area contributed by atoms with E-state index < -0.39 is 5.41 Å². The predicted octanol–water partition coefficient (Wildman–Crippen LogP) is 6.11. The van der Waals surface area contributed by atoms with E-state index in [0.29, 0.717) is 19.6 Å². The molecule has 1 amide bonds. The van der Waals surface area contributed by atoms with Crippen molar-refractivity contribution >= 4 is 17.5 Å². The topological polar surface area (TPSA) is 96.3 Å². The lowest BCUT2D eigenvalue weighted by atomic mass is 9.34. The Balaban J connectivity index is 1.39. The summed E-state index contributed by atoms with van der Waals surface area (Å²) < 4.78 is 5.24. The van der Waals surface area contributed by atoms with Crippen LogP contribution in [0, 0.1) is 62.1 Å². The summed E-state index contributed by atoms with van der Waals surface area (Å²) in [6, 6.07) is 2.32. The second-order valence-corrected chi connectivity index (χ2v) is 16.1. The molecular weight excluding hydrogens is 512 g/mol. The van der Waals surface area contributed by atoms with Crippen LogP contribution < -0.4 is 5.32 Å². The monoisotopic (exact) mass is 560 g/mol. The van der Waals surface area contributed by atoms with Gasteiger partial charge in [-0.1, -0.05) is 53.2 Å². The molecule has 8 atom stereocenters. The highest BCUT2D eigenvalue weighted by molar-refractivity contribution is 6.02. The number of carbonyl (C=O) groups is 3. The first kappa shape index (κ1) is 28.8. The Morgan fingerprint density at radius 3 is 2.41 bits per heavy atom. The second kappa shape index (κ2) is 9.37. The summed E-state index contributed by atoms with van der Waals surface area (Å²) in [6.45, 7) is 14.8. The van der Waals surface area contributed by atoms with Crippen molar-refractivity contribution in [1.82, 2.24) is 5.32 Å². The van der Waals surface area contributed by atoms with E-state index in [0.717, 1.165) is 56.9 Å². The van der Waals surface area contributed by atoms with Gasteiger partial charge in [-0.05, 0) is 90.9 Å². The normalized spacial score (nSPS) is 45.0. The number of Topliss-reactive ketones (excluding diaryl/α,β-unsaturated/α-hetero) is 1. The number of carbonyl (C=O) groups excluding carboxylic acids is 3. The molecule has 0 aromatic carbocycles. The summed E-state index contributed by atoms with van der Waals surface area (Å²) in [5.41, 5.74) is 0.705. The number of fused-ring (bicyclic) bond motifs is 7. The van der Waals surface area contributed by atoms with Gasteiger partial charge in [-0.25, -0.2) is 0 Å². The van der Waals surface area contributed by atoms with Gasteiger partial charge in [0.1, 0.15) is 6.07 Å². The summed E-state index contributed by atoms with van der Waals surface area (Å²) in [6.07, 6.45) is 12.4. The third-order valence-corrected chi connectivity index (χ3v) is 13.5. The van der Waals surface area contributed by atoms with E-state index in [1.807, 2.05) is 19.1 Å². The lowest BCUT2D eigenvalue weighted by Crippen LogP contribution is -2.64. The third kappa shape index (κ3) is 4.08. The number of nitriles is 1. The minimum atomic E-state index is -0.473. The van der Waals surface area contributed by atoms with E-state index >= 15 is 0 Å². The quantitative estimate of drug-likeness (QED) is 0.447. The van der Waals surface area contributed by atoms with Crippen molar-refractivity contribution < 1.29 is 19.1 Å². The number of amides is 1. The van der Waals surface area contributed by atoms with Gasteiger partial charge in [0.15, 0.2) is 11.6 Å². The molecule has 5 aliphatic carbocycles. The Kier molecular flexibility index (Phi) is 6.59. The standard InChI is InChI=1S/C35H48N2O4/c1-21-24-7-9-33(5)27(32(24,4)16-22(18-36)30(21)40)15-26(38)29-25-17-31(2,3)11-13-35(25,14-12-34(29,33)6)10-8-28(39)37-23-19-41-20-23/h15-16,21,23-25,29H,7-14,17,19-20H2,1-6H3,(H,37,39)/t21-,24?,25?,29?,32-,33+,34+,35+/m0/s1. The number of rotatable bonds is 4. The average molecular weight is 561 g/mol. The smallest absolute Gasteiger partial charge is 0.220 e. The van der Waals surface area contributed by atoms with Gasteiger partial charge >= 0.3 is 0 Å². The van der Waals surface area contributed by atoms with E-state index in [4.69, 9.17) is 4.74 Å². The minimum Gasteiger partial charge on any atom is -0.377 e. The maximum atomic E-state index is 14.6. The maximum Gasteiger partial charge on any atom is 0.220 e. The zero-order valence-electron chi connectivity index (χ0n) is 25.9. The highest BCUT2D eigenvalue weighted by Crippen LogP contribution is 2.74. The molecule has 1 N–H and O–H groups in total. The predicted molar refractivity (Wildman–Crippen MR) is 156 cm³/mol. The first-order chi connectivity index (χ1) is 19.2. The second-order valence-electron chi connectivity index (χ2n) is 16.1. The van der Waals surface area contributed by atoms with Gasteiger partial charge < -0.3 is 10.1 Å². The summed E-state index contributed by atoms with van der Waals surface area (Å²) in [5.74, 6) is 0.356. The van der Waals surface area contributed by atoms with Crippen LogP contribution in [0.25, 0.3) is 0 Å². The minimum absolute atomic E-state index is 0.00523. The van der Waals surface area contributed by atoms with Crippen molar-refractivity contribution in [3.05, 3.63) is 23.3 Å². The molecule has 0 aromatic heterocycles. The highest BCUT2D eigenvalue weighted by atomic mass is 16.5. The fraction of sp³-hybridized carbons (Fsp3) is 0.771. The van der Waals surface area contributed by atoms with Gasteiger partial charge in [0.05, 0.1) is 24.8 Å². The van der Waals surface area contributed by atoms with E-state index in [2.05, 4.69) is 46.0 Å². The van der Waals surface area contributed by atoms with E-state index in [1.54, 1.807) is 0 Å². The molecule has 6 heteroatoms. The van der Waals surface area contributed by atoms with Gasteiger partial charge in [0.25, 0.3) is 0 Å². The molecule has 4 fully saturated rings. The molecule has 0 spiro atoms. The SMILES string of the molecule is C[C@@H]1C(=O)C(C#N)=C[C@]2(C)C3=CC(=O)C4C5CC(C)(C)CC[C@]5(CCC(=O)NC5COC5)CC[C@@]4(C)[C@]3(C)CCC12. The summed E-state index contributed by atoms with van der Waals surface area (Å²) in [5, 5.41) is 13.0. The molecule has 222 valence electrons. The lowest BCUT2D eigenvalue weighted by Gasteiger charge is -2.69. The Hall–Kier alpha value is -2.26. The van der Waals surface area contributed by atoms with Crippen LogP contribution in [-0.4, -0.2) is 36.7 Å². The van der Waals surface area contributed by atoms with E-state index in [-0.39, 0.29) is 74.4 Å². The number of hydrogen-bond acceptors (Lipinski definition) is 5. The highest BCUT2D eigenvalue weighted by Gasteiger charge is 2.68. The molecule has 1 saturated heterocycles. The van der Waals surface area contributed by atoms with Crippen molar-refractivity contribution in [3.8, 4) is 6.07 Å². The summed E-state index contributed by atoms with van der Waals surface area (Å²) >= 11 is 0. The van der Waals surface area contributed by atoms with Crippen molar-refractivity contribution in [2.75, 3.05) is 13.2 Å². The van der Waals surface area contributed by atoms with Crippen molar-refractivity contribution in [2.45, 2.75) is 105 Å². The molecule has 0 aromatic rings. The van der Waals surface area contributed by atoms with Crippen LogP contribution in [-0.2, 0) is 19.1 Å². The summed E-state index contributed by atoms with van der Waals surface area (Å²) in [4.78, 5) is 40.5. The molecule has 6 rings (SSSR count). The van der Waals surface area contributed by atoms with Crippen LogP contribution in [0.5, 0.6) is 0 Å². The van der Waals surface area contributed by atoms with Gasteiger partial charge in [-0.2, -0.15) is 5.26 Å². The largest absolute Gasteiger partial charge is 0.377 e. The number of nitrogens with one attached hydrogen (secondary N) is 1. The molecule has 0 radical (unpaired) electrons. The Bertz CT molecular complexity index is 1290. The van der Waals surface area contributed by atoms with Crippen LogP contribution >= 0.6 is 0 Å². The Morgan fingerprint density at radius 2 is 1.76 bits per heavy atom. The van der Waals surface area contributed by atoms with Gasteiger partial charge in [0.2, 0.25) is 5.91 Å². The first-order valence-corrected chi connectivity index (χ1v) is 16.0. The number of hydrogen-bond donors (Lipinski definition) is 1. The summed E-state index contributed by atoms with van der Waals surface area (Å²) in [7, 11) is 0. The van der Waals surface area contributed by atoms with Crippen LogP contribution in [0.3, 0.4) is 0 Å². The molecule has 6 nitrogen and oxygen atoms in total. The fourth-order valence-electron chi connectivity index (χ4n) is 10.8. The van der Waals surface area contributed by atoms with Crippen LogP contribution in [0.15, 0.2) is 23.3 Å². The maximum absolute atomic E-state index is 14.6. The first-order valence-electron chi connectivity index (χ1n) is 16.0. The van der Waals surface area contributed by atoms with Crippen LogP contribution in [0.1, 0.15) is 99.3 Å². The third-order valence-electron chi connectivity index (χ3n) is 13.5. The molecule has 1 heterocycles. The molecular formula is C35H48N2O4. The van der Waals surface area contributed by atoms with Crippen molar-refractivity contribution in [3.63, 3.8) is 0 Å². The number of ether oxygens (including phenoxy) is 1. The lowest BCUT2D eigenvalue weighted by molar-refractivity contribution is -0.171. The molecule has 6 aliphatic rings. The van der Waals surface area contributed by atoms with Gasteiger partial charge in [0, 0.05) is 23.7 Å². The van der Waals surface area contributed by atoms with Crippen LogP contribution in [0.4, 0.5) is 0 Å². The fourth-order valence-corrected chi connectivity index (χ4v) is 10.8. The molecule has 1 aliphatic heterocycles. The molecule has 3 unspecified atom stereocenters. The van der Waals surface area contributed by atoms with E-state index in [1.165, 1.54) is 0 Å². The number of allylic oxidation sites excluding steroid dienone is 4. The Morgan fingerprint density at radius 1 is 1.05 bits per heavy atom. The zero-order valence-corrected chi connectivity index (χ0v) is 25.9. The number of ketones is 2. The van der Waals surface area contributed by atoms with Crippen molar-refractivity contribution in [2.24, 2.45) is 50.7 Å².